The summed E-state index contributed by atoms with van der Waals surface area (Å²) in [5.41, 5.74) is 0.944. The van der Waals surface area contributed by atoms with Gasteiger partial charge in [0.05, 0.1) is 6.61 Å². The second-order valence-electron chi connectivity index (χ2n) is 3.59. The molecule has 1 rings (SSSR count). The maximum absolute atomic E-state index is 13.6. The van der Waals surface area contributed by atoms with Crippen LogP contribution in [-0.4, -0.2) is 24.7 Å². The van der Waals surface area contributed by atoms with Gasteiger partial charge in [0.1, 0.15) is 0 Å². The van der Waals surface area contributed by atoms with E-state index in [0.717, 1.165) is 23.6 Å². The highest BCUT2D eigenvalue weighted by molar-refractivity contribution is 7.99. The van der Waals surface area contributed by atoms with Crippen LogP contribution in [0.2, 0.25) is 0 Å². The Bertz CT molecular complexity index is 333. The van der Waals surface area contributed by atoms with Crippen LogP contribution in [0.15, 0.2) is 18.2 Å². The first-order chi connectivity index (χ1) is 8.27. The van der Waals surface area contributed by atoms with Gasteiger partial charge in [-0.3, -0.25) is 0 Å². The van der Waals surface area contributed by atoms with Crippen molar-refractivity contribution in [1.29, 1.82) is 0 Å². The first kappa shape index (κ1) is 14.3. The molecule has 0 aliphatic heterocycles. The molecule has 0 aromatic heterocycles. The molecule has 4 heteroatoms. The van der Waals surface area contributed by atoms with E-state index in [1.54, 1.807) is 17.8 Å². The van der Waals surface area contributed by atoms with Crippen LogP contribution in [-0.2, 0) is 6.54 Å². The maximum atomic E-state index is 13.6. The molecular weight excluding hydrogens is 237 g/mol. The smallest absolute Gasteiger partial charge is 0.165 e. The molecule has 1 aromatic carbocycles. The molecular formula is C13H20FNOS. The molecule has 0 amide bonds. The van der Waals surface area contributed by atoms with Gasteiger partial charge in [-0.25, -0.2) is 4.39 Å². The van der Waals surface area contributed by atoms with Gasteiger partial charge < -0.3 is 10.1 Å². The van der Waals surface area contributed by atoms with E-state index in [0.29, 0.717) is 18.9 Å². The van der Waals surface area contributed by atoms with Gasteiger partial charge in [0.2, 0.25) is 0 Å². The van der Waals surface area contributed by atoms with Gasteiger partial charge in [-0.2, -0.15) is 11.8 Å². The number of halogens is 1. The summed E-state index contributed by atoms with van der Waals surface area (Å²) in [6, 6.07) is 5.14. The third-order valence-electron chi connectivity index (χ3n) is 2.26. The maximum Gasteiger partial charge on any atom is 0.165 e. The minimum absolute atomic E-state index is 0.276. The first-order valence-corrected chi connectivity index (χ1v) is 7.13. The monoisotopic (exact) mass is 257 g/mol. The van der Waals surface area contributed by atoms with Crippen molar-refractivity contribution in [2.45, 2.75) is 20.4 Å². The van der Waals surface area contributed by atoms with Crippen LogP contribution >= 0.6 is 11.8 Å². The molecule has 96 valence electrons. The summed E-state index contributed by atoms with van der Waals surface area (Å²) >= 11 is 1.79. The average molecular weight is 257 g/mol. The first-order valence-electron chi connectivity index (χ1n) is 5.97. The van der Waals surface area contributed by atoms with Crippen molar-refractivity contribution < 1.29 is 9.13 Å². The van der Waals surface area contributed by atoms with Crippen LogP contribution in [0.5, 0.6) is 5.75 Å². The van der Waals surface area contributed by atoms with E-state index in [9.17, 15) is 4.39 Å². The van der Waals surface area contributed by atoms with E-state index in [1.807, 2.05) is 13.0 Å². The number of ether oxygens (including phenoxy) is 1. The number of nitrogens with one attached hydrogen (secondary N) is 1. The number of benzene rings is 1. The normalized spacial score (nSPS) is 10.5. The Balaban J connectivity index is 2.45. The van der Waals surface area contributed by atoms with Crippen molar-refractivity contribution in [3.63, 3.8) is 0 Å². The molecule has 0 saturated heterocycles. The topological polar surface area (TPSA) is 21.3 Å². The van der Waals surface area contributed by atoms with Gasteiger partial charge in [0.15, 0.2) is 11.6 Å². The summed E-state index contributed by atoms with van der Waals surface area (Å²) < 4.78 is 19.0. The molecule has 1 aromatic rings. The molecule has 1 N–H and O–H groups in total. The molecule has 0 unspecified atom stereocenters. The average Bonchev–Trinajstić information content (AvgIpc) is 2.34. The highest BCUT2D eigenvalue weighted by Gasteiger charge is 2.04. The van der Waals surface area contributed by atoms with Crippen LogP contribution in [0.25, 0.3) is 0 Å². The molecule has 0 radical (unpaired) electrons. The van der Waals surface area contributed by atoms with E-state index in [2.05, 4.69) is 12.2 Å². The van der Waals surface area contributed by atoms with Gasteiger partial charge in [-0.1, -0.05) is 19.9 Å². The molecule has 0 saturated carbocycles. The third kappa shape index (κ3) is 5.41. The van der Waals surface area contributed by atoms with Crippen molar-refractivity contribution in [3.8, 4) is 5.75 Å². The summed E-state index contributed by atoms with van der Waals surface area (Å²) in [6.07, 6.45) is 0. The fourth-order valence-electron chi connectivity index (χ4n) is 1.40. The zero-order chi connectivity index (χ0) is 12.5. The van der Waals surface area contributed by atoms with Crippen molar-refractivity contribution >= 4 is 11.8 Å². The third-order valence-corrected chi connectivity index (χ3v) is 3.13. The van der Waals surface area contributed by atoms with Crippen molar-refractivity contribution in [2.75, 3.05) is 24.7 Å². The van der Waals surface area contributed by atoms with Gasteiger partial charge in [-0.05, 0) is 30.0 Å². The van der Waals surface area contributed by atoms with Crippen molar-refractivity contribution in [1.82, 2.24) is 5.32 Å². The Kier molecular flexibility index (Phi) is 7.05. The minimum atomic E-state index is -0.276. The van der Waals surface area contributed by atoms with E-state index in [1.165, 1.54) is 6.07 Å². The standard InChI is InChI=1S/C13H20FNOS/c1-3-15-10-11-5-6-13(12(14)9-11)16-7-8-17-4-2/h5-6,9,15H,3-4,7-8,10H2,1-2H3. The highest BCUT2D eigenvalue weighted by Crippen LogP contribution is 2.18. The minimum Gasteiger partial charge on any atom is -0.490 e. The largest absolute Gasteiger partial charge is 0.490 e. The number of hydrogen-bond acceptors (Lipinski definition) is 3. The van der Waals surface area contributed by atoms with Crippen LogP contribution in [0, 0.1) is 5.82 Å². The summed E-state index contributed by atoms with van der Waals surface area (Å²) in [5.74, 6) is 2.03. The summed E-state index contributed by atoms with van der Waals surface area (Å²) in [4.78, 5) is 0. The zero-order valence-electron chi connectivity index (χ0n) is 10.5. The second-order valence-corrected chi connectivity index (χ2v) is 4.98. The molecule has 0 bridgehead atoms. The van der Waals surface area contributed by atoms with E-state index in [-0.39, 0.29) is 5.82 Å². The number of hydrogen-bond donors (Lipinski definition) is 1. The van der Waals surface area contributed by atoms with Crippen LogP contribution in [0.3, 0.4) is 0 Å². The Morgan fingerprint density at radius 2 is 2.18 bits per heavy atom. The summed E-state index contributed by atoms with van der Waals surface area (Å²) in [5, 5.41) is 3.16. The van der Waals surface area contributed by atoms with E-state index < -0.39 is 0 Å². The lowest BCUT2D eigenvalue weighted by molar-refractivity contribution is 0.324. The van der Waals surface area contributed by atoms with Gasteiger partial charge >= 0.3 is 0 Å². The lowest BCUT2D eigenvalue weighted by Crippen LogP contribution is -2.12. The molecule has 2 nitrogen and oxygen atoms in total. The number of thioether (sulfide) groups is 1. The Labute approximate surface area is 107 Å². The molecule has 0 fully saturated rings. The van der Waals surface area contributed by atoms with E-state index in [4.69, 9.17) is 4.74 Å². The molecule has 0 aliphatic carbocycles. The Morgan fingerprint density at radius 1 is 1.35 bits per heavy atom. The predicted octanol–water partition coefficient (Wildman–Crippen LogP) is 3.07. The van der Waals surface area contributed by atoms with Crippen LogP contribution in [0.1, 0.15) is 19.4 Å². The van der Waals surface area contributed by atoms with Gasteiger partial charge in [-0.15, -0.1) is 0 Å². The van der Waals surface area contributed by atoms with Gasteiger partial charge in [0.25, 0.3) is 0 Å². The van der Waals surface area contributed by atoms with Crippen molar-refractivity contribution in [2.24, 2.45) is 0 Å². The fraction of sp³-hybridized carbons (Fsp3) is 0.538. The predicted molar refractivity (Wildman–Crippen MR) is 72.3 cm³/mol. The van der Waals surface area contributed by atoms with E-state index >= 15 is 0 Å². The Hall–Kier alpha value is -0.740. The lowest BCUT2D eigenvalue weighted by atomic mass is 10.2. The van der Waals surface area contributed by atoms with Gasteiger partial charge in [0, 0.05) is 12.3 Å². The Morgan fingerprint density at radius 3 is 2.82 bits per heavy atom. The molecule has 0 aliphatic rings. The molecule has 0 spiro atoms. The fourth-order valence-corrected chi connectivity index (χ4v) is 1.89. The SMILES string of the molecule is CCNCc1ccc(OCCSCC)c(F)c1. The molecule has 0 heterocycles. The quantitative estimate of drug-likeness (QED) is 0.723. The summed E-state index contributed by atoms with van der Waals surface area (Å²) in [6.45, 7) is 6.26. The second kappa shape index (κ2) is 8.37. The van der Waals surface area contributed by atoms with Crippen LogP contribution < -0.4 is 10.1 Å². The highest BCUT2D eigenvalue weighted by atomic mass is 32.2. The summed E-state index contributed by atoms with van der Waals surface area (Å²) in [7, 11) is 0. The zero-order valence-corrected chi connectivity index (χ0v) is 11.3. The lowest BCUT2D eigenvalue weighted by Gasteiger charge is -2.08. The molecule has 0 atom stereocenters. The molecule has 17 heavy (non-hydrogen) atoms. The van der Waals surface area contributed by atoms with Crippen LogP contribution in [0.4, 0.5) is 4.39 Å². The van der Waals surface area contributed by atoms with Crippen molar-refractivity contribution in [3.05, 3.63) is 29.6 Å². The number of rotatable bonds is 8.